The number of hydrogen-bond acceptors (Lipinski definition) is 6. The van der Waals surface area contributed by atoms with Gasteiger partial charge in [0.25, 0.3) is 0 Å². The van der Waals surface area contributed by atoms with Crippen LogP contribution in [0.1, 0.15) is 31.4 Å². The van der Waals surface area contributed by atoms with Gasteiger partial charge in [-0.2, -0.15) is 0 Å². The molecule has 1 aromatic rings. The van der Waals surface area contributed by atoms with Crippen molar-refractivity contribution in [1.82, 2.24) is 0 Å². The van der Waals surface area contributed by atoms with Crippen molar-refractivity contribution in [3.63, 3.8) is 0 Å². The van der Waals surface area contributed by atoms with Gasteiger partial charge in [0.05, 0.1) is 13.2 Å². The molecule has 148 valence electrons. The highest BCUT2D eigenvalue weighted by Gasteiger charge is 2.68. The molecule has 6 nitrogen and oxygen atoms in total. The first-order valence-corrected chi connectivity index (χ1v) is 9.03. The second-order valence-corrected chi connectivity index (χ2v) is 7.18. The number of fused-ring (bicyclic) bond motifs is 1. The minimum absolute atomic E-state index is 0.0485. The maximum absolute atomic E-state index is 11.6. The number of hydrogen-bond donors (Lipinski definition) is 2. The van der Waals surface area contributed by atoms with Crippen LogP contribution in [0, 0.1) is 5.92 Å². The predicted octanol–water partition coefficient (Wildman–Crippen LogP) is 3.10. The lowest BCUT2D eigenvalue weighted by atomic mass is 9.71. The molecule has 2 N–H and O–H groups in total. The van der Waals surface area contributed by atoms with Crippen LogP contribution in [0.25, 0.3) is 0 Å². The Kier molecular flexibility index (Phi) is 5.36. The van der Waals surface area contributed by atoms with Crippen LogP contribution in [0.2, 0.25) is 0 Å². The van der Waals surface area contributed by atoms with Gasteiger partial charge < -0.3 is 29.2 Å². The lowest BCUT2D eigenvalue weighted by Crippen LogP contribution is -2.63. The van der Waals surface area contributed by atoms with Crippen LogP contribution in [-0.2, 0) is 14.2 Å². The largest absolute Gasteiger partial charge is 0.504 e. The van der Waals surface area contributed by atoms with Crippen molar-refractivity contribution in [3.05, 3.63) is 48.1 Å². The Bertz CT molecular complexity index is 744. The van der Waals surface area contributed by atoms with E-state index in [1.54, 1.807) is 32.4 Å². The van der Waals surface area contributed by atoms with Gasteiger partial charge in [0.15, 0.2) is 11.5 Å². The van der Waals surface area contributed by atoms with E-state index in [0.29, 0.717) is 18.6 Å². The van der Waals surface area contributed by atoms with Gasteiger partial charge in [-0.25, -0.2) is 0 Å². The summed E-state index contributed by atoms with van der Waals surface area (Å²) in [5.41, 5.74) is 0.799. The summed E-state index contributed by atoms with van der Waals surface area (Å²) in [7, 11) is 4.63. The van der Waals surface area contributed by atoms with Crippen molar-refractivity contribution < 1.29 is 29.2 Å². The van der Waals surface area contributed by atoms with Crippen molar-refractivity contribution in [1.29, 1.82) is 0 Å². The summed E-state index contributed by atoms with van der Waals surface area (Å²) in [5.74, 6) is -1.47. The summed E-state index contributed by atoms with van der Waals surface area (Å²) in [6, 6.07) is 5.04. The zero-order chi connectivity index (χ0) is 19.8. The summed E-state index contributed by atoms with van der Waals surface area (Å²) in [6.45, 7) is 5.79. The number of methoxy groups -OCH3 is 3. The third kappa shape index (κ3) is 2.88. The van der Waals surface area contributed by atoms with Gasteiger partial charge in [0.2, 0.25) is 5.79 Å². The second-order valence-electron chi connectivity index (χ2n) is 7.18. The molecule has 0 saturated carbocycles. The predicted molar refractivity (Wildman–Crippen MR) is 101 cm³/mol. The Balaban J connectivity index is 2.10. The van der Waals surface area contributed by atoms with Crippen molar-refractivity contribution >= 4 is 0 Å². The maximum Gasteiger partial charge on any atom is 0.227 e. The van der Waals surface area contributed by atoms with Crippen LogP contribution in [0.4, 0.5) is 0 Å². The molecule has 0 amide bonds. The van der Waals surface area contributed by atoms with E-state index in [1.165, 1.54) is 7.11 Å². The normalized spacial score (nSPS) is 35.4. The first-order chi connectivity index (χ1) is 12.9. The topological polar surface area (TPSA) is 77.4 Å². The summed E-state index contributed by atoms with van der Waals surface area (Å²) in [6.07, 6.45) is 3.96. The van der Waals surface area contributed by atoms with E-state index >= 15 is 0 Å². The minimum Gasteiger partial charge on any atom is -0.504 e. The minimum atomic E-state index is -1.64. The molecule has 1 aliphatic carbocycles. The Morgan fingerprint density at radius 1 is 1.33 bits per heavy atom. The van der Waals surface area contributed by atoms with Crippen LogP contribution in [-0.4, -0.2) is 49.0 Å². The number of ether oxygens (including phenoxy) is 4. The number of aliphatic hydroxyl groups is 1. The van der Waals surface area contributed by atoms with E-state index in [9.17, 15) is 10.2 Å². The summed E-state index contributed by atoms with van der Waals surface area (Å²) < 4.78 is 23.0. The van der Waals surface area contributed by atoms with Crippen LogP contribution < -0.4 is 4.74 Å². The SMILES string of the molecule is C=CCC1=CC2(OC)C(C)C(c3ccc(O)c(OC)c3)OC2(O)C(OC)C1. The first kappa shape index (κ1) is 19.9. The second kappa shape index (κ2) is 7.28. The molecule has 6 heteroatoms. The summed E-state index contributed by atoms with van der Waals surface area (Å²) in [4.78, 5) is 0. The fourth-order valence-electron chi connectivity index (χ4n) is 4.43. The fraction of sp³-hybridized carbons (Fsp3) is 0.524. The number of phenols is 1. The van der Waals surface area contributed by atoms with Gasteiger partial charge in [-0.15, -0.1) is 6.58 Å². The summed E-state index contributed by atoms with van der Waals surface area (Å²) in [5, 5.41) is 21.5. The van der Waals surface area contributed by atoms with Crippen molar-refractivity contribution in [2.24, 2.45) is 5.92 Å². The highest BCUT2D eigenvalue weighted by molar-refractivity contribution is 5.44. The molecular weight excluding hydrogens is 348 g/mol. The third-order valence-corrected chi connectivity index (χ3v) is 5.86. The van der Waals surface area contributed by atoms with Crippen LogP contribution in [0.15, 0.2) is 42.5 Å². The molecule has 1 saturated heterocycles. The average Bonchev–Trinajstić information content (AvgIpc) is 2.90. The molecule has 1 aliphatic heterocycles. The summed E-state index contributed by atoms with van der Waals surface area (Å²) >= 11 is 0. The van der Waals surface area contributed by atoms with E-state index in [0.717, 1.165) is 11.1 Å². The Labute approximate surface area is 160 Å². The van der Waals surface area contributed by atoms with Gasteiger partial charge in [-0.3, -0.25) is 0 Å². The lowest BCUT2D eigenvalue weighted by molar-refractivity contribution is -0.309. The number of phenolic OH excluding ortho intramolecular Hbond substituents is 1. The van der Waals surface area contributed by atoms with Gasteiger partial charge in [-0.1, -0.05) is 24.6 Å². The van der Waals surface area contributed by atoms with Gasteiger partial charge in [0, 0.05) is 26.6 Å². The molecule has 5 unspecified atom stereocenters. The highest BCUT2D eigenvalue weighted by atomic mass is 16.7. The zero-order valence-corrected chi connectivity index (χ0v) is 16.3. The number of benzene rings is 1. The molecule has 2 aliphatic rings. The first-order valence-electron chi connectivity index (χ1n) is 9.03. The van der Waals surface area contributed by atoms with E-state index in [2.05, 4.69) is 6.58 Å². The fourth-order valence-corrected chi connectivity index (χ4v) is 4.43. The molecule has 0 radical (unpaired) electrons. The average molecular weight is 376 g/mol. The van der Waals surface area contributed by atoms with E-state index in [1.807, 2.05) is 19.1 Å². The molecular formula is C21H28O6. The van der Waals surface area contributed by atoms with Crippen LogP contribution in [0.5, 0.6) is 11.5 Å². The van der Waals surface area contributed by atoms with E-state index in [-0.39, 0.29) is 11.7 Å². The quantitative estimate of drug-likeness (QED) is 0.743. The van der Waals surface area contributed by atoms with Gasteiger partial charge >= 0.3 is 0 Å². The third-order valence-electron chi connectivity index (χ3n) is 5.86. The lowest BCUT2D eigenvalue weighted by Gasteiger charge is -2.47. The van der Waals surface area contributed by atoms with Crippen molar-refractivity contribution in [2.75, 3.05) is 21.3 Å². The number of allylic oxidation sites excluding steroid dienone is 1. The van der Waals surface area contributed by atoms with Gasteiger partial charge in [0.1, 0.15) is 11.7 Å². The van der Waals surface area contributed by atoms with Crippen LogP contribution in [0.3, 0.4) is 0 Å². The number of aromatic hydroxyl groups is 1. The Hall–Kier alpha value is -1.86. The molecule has 0 spiro atoms. The molecule has 1 heterocycles. The smallest absolute Gasteiger partial charge is 0.227 e. The molecule has 1 aromatic carbocycles. The maximum atomic E-state index is 11.6. The molecule has 5 atom stereocenters. The Morgan fingerprint density at radius 2 is 2.07 bits per heavy atom. The molecule has 27 heavy (non-hydrogen) atoms. The van der Waals surface area contributed by atoms with Gasteiger partial charge in [-0.05, 0) is 30.2 Å². The Morgan fingerprint density at radius 3 is 2.67 bits per heavy atom. The molecule has 3 rings (SSSR count). The molecule has 0 bridgehead atoms. The van der Waals surface area contributed by atoms with Crippen molar-refractivity contribution in [2.45, 2.75) is 43.4 Å². The van der Waals surface area contributed by atoms with E-state index in [4.69, 9.17) is 18.9 Å². The number of rotatable bonds is 6. The highest BCUT2D eigenvalue weighted by Crippen LogP contribution is 2.57. The monoisotopic (exact) mass is 376 g/mol. The van der Waals surface area contributed by atoms with E-state index < -0.39 is 23.6 Å². The van der Waals surface area contributed by atoms with Crippen LogP contribution >= 0.6 is 0 Å². The molecule has 1 fully saturated rings. The zero-order valence-electron chi connectivity index (χ0n) is 16.3. The molecule has 0 aromatic heterocycles. The standard InChI is InChI=1S/C21H28O6/c1-6-7-14-10-18(25-4)21(23)20(12-14,26-5)13(2)19(27-21)15-8-9-16(22)17(11-15)24-3/h6,8-9,11-13,18-19,22-23H,1,7,10H2,2-5H3. The van der Waals surface area contributed by atoms with Crippen molar-refractivity contribution in [3.8, 4) is 11.5 Å².